The molecule has 0 saturated carbocycles. The number of halogens is 1. The number of benzene rings is 3. The molecule has 0 saturated heterocycles. The van der Waals surface area contributed by atoms with Crippen LogP contribution in [0.2, 0.25) is 5.02 Å². The Morgan fingerprint density at radius 1 is 1.00 bits per heavy atom. The second-order valence-electron chi connectivity index (χ2n) is 6.69. The van der Waals surface area contributed by atoms with E-state index in [1.165, 1.54) is 13.3 Å². The van der Waals surface area contributed by atoms with Gasteiger partial charge in [0.25, 0.3) is 5.91 Å². The van der Waals surface area contributed by atoms with Gasteiger partial charge in [-0.3, -0.25) is 4.79 Å². The summed E-state index contributed by atoms with van der Waals surface area (Å²) in [5, 5.41) is 4.68. The number of carbonyl (C=O) groups excluding carboxylic acids is 1. The molecule has 31 heavy (non-hydrogen) atoms. The molecule has 0 radical (unpaired) electrons. The Morgan fingerprint density at radius 3 is 2.52 bits per heavy atom. The van der Waals surface area contributed by atoms with Gasteiger partial charge in [0.1, 0.15) is 12.4 Å². The Bertz CT molecular complexity index is 1100. The van der Waals surface area contributed by atoms with E-state index in [9.17, 15) is 4.79 Å². The molecule has 0 unspecified atom stereocenters. The fraction of sp³-hybridized carbons (Fsp3) is 0.167. The zero-order valence-corrected chi connectivity index (χ0v) is 18.3. The van der Waals surface area contributed by atoms with Crippen LogP contribution in [0.15, 0.2) is 65.8 Å². The van der Waals surface area contributed by atoms with Crippen LogP contribution in [0.5, 0.6) is 17.2 Å². The van der Waals surface area contributed by atoms with E-state index in [1.807, 2.05) is 43.3 Å². The van der Waals surface area contributed by atoms with Gasteiger partial charge in [-0.25, -0.2) is 5.43 Å². The maximum absolute atomic E-state index is 12.4. The van der Waals surface area contributed by atoms with Gasteiger partial charge in [-0.05, 0) is 54.4 Å². The quantitative estimate of drug-likeness (QED) is 0.396. The van der Waals surface area contributed by atoms with Gasteiger partial charge in [0, 0.05) is 10.6 Å². The number of methoxy groups -OCH3 is 2. The van der Waals surface area contributed by atoms with Gasteiger partial charge in [-0.2, -0.15) is 5.10 Å². The van der Waals surface area contributed by atoms with E-state index < -0.39 is 0 Å². The molecule has 160 valence electrons. The zero-order chi connectivity index (χ0) is 22.2. The minimum atomic E-state index is -0.364. The normalized spacial score (nSPS) is 10.7. The molecule has 0 aromatic heterocycles. The molecule has 0 atom stereocenters. The number of aryl methyl sites for hydroxylation is 1. The van der Waals surface area contributed by atoms with Gasteiger partial charge in [-0.1, -0.05) is 35.9 Å². The predicted molar refractivity (Wildman–Crippen MR) is 122 cm³/mol. The molecular weight excluding hydrogens is 416 g/mol. The molecule has 0 heterocycles. The Balaban J connectivity index is 1.70. The lowest BCUT2D eigenvalue weighted by molar-refractivity contribution is 0.0952. The highest BCUT2D eigenvalue weighted by Gasteiger charge is 2.12. The molecule has 3 rings (SSSR count). The van der Waals surface area contributed by atoms with Gasteiger partial charge in [0.2, 0.25) is 0 Å². The fourth-order valence-corrected chi connectivity index (χ4v) is 3.06. The van der Waals surface area contributed by atoms with E-state index in [1.54, 1.807) is 31.4 Å². The van der Waals surface area contributed by atoms with E-state index >= 15 is 0 Å². The second kappa shape index (κ2) is 10.5. The molecule has 0 fully saturated rings. The van der Waals surface area contributed by atoms with E-state index in [2.05, 4.69) is 10.5 Å². The molecule has 0 aliphatic carbocycles. The van der Waals surface area contributed by atoms with Crippen molar-refractivity contribution in [1.82, 2.24) is 5.43 Å². The minimum absolute atomic E-state index is 0.292. The van der Waals surface area contributed by atoms with Crippen molar-refractivity contribution in [2.24, 2.45) is 5.10 Å². The lowest BCUT2D eigenvalue weighted by atomic mass is 10.1. The number of hydrogen-bond donors (Lipinski definition) is 1. The van der Waals surface area contributed by atoms with Crippen molar-refractivity contribution in [2.45, 2.75) is 13.5 Å². The second-order valence-corrected chi connectivity index (χ2v) is 7.10. The van der Waals surface area contributed by atoms with E-state index in [4.69, 9.17) is 25.8 Å². The van der Waals surface area contributed by atoms with Gasteiger partial charge < -0.3 is 14.2 Å². The third-order valence-electron chi connectivity index (χ3n) is 4.51. The third-order valence-corrected chi connectivity index (χ3v) is 4.88. The van der Waals surface area contributed by atoms with Crippen LogP contribution in [0, 0.1) is 6.92 Å². The average Bonchev–Trinajstić information content (AvgIpc) is 2.78. The summed E-state index contributed by atoms with van der Waals surface area (Å²) in [5.74, 6) is 1.25. The summed E-state index contributed by atoms with van der Waals surface area (Å²) >= 11 is 6.19. The first-order valence-corrected chi connectivity index (χ1v) is 9.92. The SMILES string of the molecule is COc1ccc(C=NNC(=O)c2ccc(C)cc2OC)cc1OCc1ccccc1Cl. The van der Waals surface area contributed by atoms with Crippen molar-refractivity contribution in [3.63, 3.8) is 0 Å². The number of hydrazone groups is 1. The number of hydrogen-bond acceptors (Lipinski definition) is 5. The maximum Gasteiger partial charge on any atom is 0.275 e. The van der Waals surface area contributed by atoms with Crippen molar-refractivity contribution in [2.75, 3.05) is 14.2 Å². The predicted octanol–water partition coefficient (Wildman–Crippen LogP) is 5.01. The molecule has 7 heteroatoms. The van der Waals surface area contributed by atoms with Gasteiger partial charge in [0.15, 0.2) is 11.5 Å². The van der Waals surface area contributed by atoms with Crippen molar-refractivity contribution < 1.29 is 19.0 Å². The molecule has 3 aromatic rings. The molecule has 3 aromatic carbocycles. The fourth-order valence-electron chi connectivity index (χ4n) is 2.87. The lowest BCUT2D eigenvalue weighted by Crippen LogP contribution is -2.18. The van der Waals surface area contributed by atoms with Crippen molar-refractivity contribution in [3.8, 4) is 17.2 Å². The number of ether oxygens (including phenoxy) is 3. The standard InChI is InChI=1S/C24H23ClN2O4/c1-16-8-10-19(22(12-16)30-3)24(28)27-26-14-17-9-11-21(29-2)23(13-17)31-15-18-6-4-5-7-20(18)25/h4-14H,15H2,1-3H3,(H,27,28). The molecule has 0 spiro atoms. The summed E-state index contributed by atoms with van der Waals surface area (Å²) in [7, 11) is 3.09. The van der Waals surface area contributed by atoms with E-state index in [0.717, 1.165) is 16.7 Å². The van der Waals surface area contributed by atoms with Crippen molar-refractivity contribution >= 4 is 23.7 Å². The van der Waals surface area contributed by atoms with E-state index in [-0.39, 0.29) is 5.91 Å². The summed E-state index contributed by atoms with van der Waals surface area (Å²) in [6, 6.07) is 18.2. The highest BCUT2D eigenvalue weighted by Crippen LogP contribution is 2.29. The first-order valence-electron chi connectivity index (χ1n) is 9.54. The van der Waals surface area contributed by atoms with Crippen LogP contribution in [0.1, 0.15) is 27.0 Å². The third kappa shape index (κ3) is 5.77. The monoisotopic (exact) mass is 438 g/mol. The first kappa shape index (κ1) is 22.2. The number of nitrogens with one attached hydrogen (secondary N) is 1. The topological polar surface area (TPSA) is 69.2 Å². The van der Waals surface area contributed by atoms with Crippen LogP contribution in [-0.4, -0.2) is 26.3 Å². The Kier molecular flexibility index (Phi) is 7.51. The summed E-state index contributed by atoms with van der Waals surface area (Å²) < 4.78 is 16.5. The molecule has 1 amide bonds. The number of rotatable bonds is 8. The average molecular weight is 439 g/mol. The van der Waals surface area contributed by atoms with Gasteiger partial charge >= 0.3 is 0 Å². The first-order chi connectivity index (χ1) is 15.0. The van der Waals surface area contributed by atoms with Crippen molar-refractivity contribution in [1.29, 1.82) is 0 Å². The Morgan fingerprint density at radius 2 is 1.77 bits per heavy atom. The van der Waals surface area contributed by atoms with Gasteiger partial charge in [0.05, 0.1) is 26.0 Å². The summed E-state index contributed by atoms with van der Waals surface area (Å²) in [5.41, 5.74) is 5.51. The maximum atomic E-state index is 12.4. The number of amides is 1. The molecular formula is C24H23ClN2O4. The smallest absolute Gasteiger partial charge is 0.275 e. The van der Waals surface area contributed by atoms with Crippen LogP contribution in [0.4, 0.5) is 0 Å². The number of carbonyl (C=O) groups is 1. The largest absolute Gasteiger partial charge is 0.496 e. The van der Waals surface area contributed by atoms with E-state index in [0.29, 0.717) is 34.4 Å². The summed E-state index contributed by atoms with van der Waals surface area (Å²) in [4.78, 5) is 12.4. The molecule has 6 nitrogen and oxygen atoms in total. The number of nitrogens with zero attached hydrogens (tertiary/aromatic N) is 1. The lowest BCUT2D eigenvalue weighted by Gasteiger charge is -2.12. The summed E-state index contributed by atoms with van der Waals surface area (Å²) in [6.45, 7) is 2.22. The molecule has 0 aliphatic rings. The Hall–Kier alpha value is -3.51. The van der Waals surface area contributed by atoms with Crippen molar-refractivity contribution in [3.05, 3.63) is 87.9 Å². The zero-order valence-electron chi connectivity index (χ0n) is 17.5. The Labute approximate surface area is 186 Å². The van der Waals surface area contributed by atoms with Crippen LogP contribution in [-0.2, 0) is 6.61 Å². The van der Waals surface area contributed by atoms with Crippen LogP contribution in [0.3, 0.4) is 0 Å². The molecule has 0 bridgehead atoms. The molecule has 0 aliphatic heterocycles. The summed E-state index contributed by atoms with van der Waals surface area (Å²) in [6.07, 6.45) is 1.53. The highest BCUT2D eigenvalue weighted by atomic mass is 35.5. The highest BCUT2D eigenvalue weighted by molar-refractivity contribution is 6.31. The van der Waals surface area contributed by atoms with Crippen LogP contribution >= 0.6 is 11.6 Å². The molecule has 1 N–H and O–H groups in total. The van der Waals surface area contributed by atoms with Crippen LogP contribution in [0.25, 0.3) is 0 Å². The van der Waals surface area contributed by atoms with Crippen LogP contribution < -0.4 is 19.6 Å². The van der Waals surface area contributed by atoms with Gasteiger partial charge in [-0.15, -0.1) is 0 Å². The minimum Gasteiger partial charge on any atom is -0.496 e.